The topological polar surface area (TPSA) is 94.8 Å². The molecule has 0 spiro atoms. The van der Waals surface area contributed by atoms with E-state index < -0.39 is 17.7 Å². The molecule has 1 aromatic carbocycles. The van der Waals surface area contributed by atoms with Crippen molar-refractivity contribution in [1.82, 2.24) is 30.0 Å². The number of hydrogen-bond acceptors (Lipinski definition) is 6. The first-order valence-corrected chi connectivity index (χ1v) is 10.3. The van der Waals surface area contributed by atoms with Gasteiger partial charge in [-0.05, 0) is 31.7 Å². The maximum Gasteiger partial charge on any atom is 0.408 e. The number of carbonyl (C=O) groups is 1. The summed E-state index contributed by atoms with van der Waals surface area (Å²) in [5, 5.41) is 7.70. The van der Waals surface area contributed by atoms with E-state index in [9.17, 15) is 4.79 Å². The van der Waals surface area contributed by atoms with E-state index in [0.717, 1.165) is 5.56 Å². The minimum atomic E-state index is -0.602. The fraction of sp³-hybridized carbons (Fsp3) is 0.435. The molecule has 1 atom stereocenters. The van der Waals surface area contributed by atoms with Crippen LogP contribution < -0.4 is 5.32 Å². The molecule has 2 aromatic heterocycles. The zero-order valence-electron chi connectivity index (χ0n) is 19.0. The van der Waals surface area contributed by atoms with E-state index in [2.05, 4.69) is 15.3 Å². The molecule has 1 amide bonds. The minimum absolute atomic E-state index is 0.349. The third kappa shape index (κ3) is 6.10. The average molecular weight is 423 g/mol. The van der Waals surface area contributed by atoms with Gasteiger partial charge in [-0.25, -0.2) is 19.4 Å². The van der Waals surface area contributed by atoms with Gasteiger partial charge in [-0.15, -0.1) is 5.10 Å². The summed E-state index contributed by atoms with van der Waals surface area (Å²) in [5.74, 6) is 1.09. The lowest BCUT2D eigenvalue weighted by Gasteiger charge is -2.31. The van der Waals surface area contributed by atoms with Crippen molar-refractivity contribution in [2.75, 3.05) is 0 Å². The summed E-state index contributed by atoms with van der Waals surface area (Å²) in [6.07, 6.45) is 4.34. The lowest BCUT2D eigenvalue weighted by molar-refractivity contribution is 0.0455. The maximum absolute atomic E-state index is 12.6. The molecule has 3 aromatic rings. The summed E-state index contributed by atoms with van der Waals surface area (Å²) in [6.45, 7) is 12.1. The molecule has 0 aliphatic carbocycles. The second-order valence-electron chi connectivity index (χ2n) is 9.47. The van der Waals surface area contributed by atoms with Gasteiger partial charge in [0.05, 0.1) is 18.8 Å². The summed E-state index contributed by atoms with van der Waals surface area (Å²) in [4.78, 5) is 25.8. The lowest BCUT2D eigenvalue weighted by atomic mass is 9.86. The van der Waals surface area contributed by atoms with Crippen LogP contribution in [0.25, 0.3) is 11.5 Å². The van der Waals surface area contributed by atoms with E-state index in [1.54, 1.807) is 18.6 Å². The Balaban J connectivity index is 2.03. The number of nitrogens with one attached hydrogen (secondary N) is 1. The molecule has 8 heteroatoms. The molecule has 0 radical (unpaired) electrons. The molecule has 0 fully saturated rings. The van der Waals surface area contributed by atoms with Crippen LogP contribution in [0, 0.1) is 5.41 Å². The second-order valence-corrected chi connectivity index (χ2v) is 9.47. The van der Waals surface area contributed by atoms with Gasteiger partial charge in [0.15, 0.2) is 5.82 Å². The van der Waals surface area contributed by atoms with Crippen molar-refractivity contribution >= 4 is 6.09 Å². The second kappa shape index (κ2) is 8.83. The van der Waals surface area contributed by atoms with Crippen molar-refractivity contribution < 1.29 is 9.53 Å². The number of nitrogens with zero attached hydrogens (tertiary/aromatic N) is 5. The first kappa shape index (κ1) is 22.4. The first-order chi connectivity index (χ1) is 14.5. The zero-order chi connectivity index (χ0) is 22.6. The van der Waals surface area contributed by atoms with Gasteiger partial charge < -0.3 is 10.1 Å². The predicted octanol–water partition coefficient (Wildman–Crippen LogP) is 4.40. The Hall–Kier alpha value is -3.29. The number of benzene rings is 1. The number of aromatic nitrogens is 5. The maximum atomic E-state index is 12.6. The molecule has 0 bridgehead atoms. The normalized spacial score (nSPS) is 13.0. The smallest absolute Gasteiger partial charge is 0.408 e. The summed E-state index contributed by atoms with van der Waals surface area (Å²) >= 11 is 0. The molecule has 2 heterocycles. The summed E-state index contributed by atoms with van der Waals surface area (Å²) in [6, 6.07) is 9.55. The largest absolute Gasteiger partial charge is 0.444 e. The Morgan fingerprint density at radius 2 is 1.81 bits per heavy atom. The van der Waals surface area contributed by atoms with Gasteiger partial charge >= 0.3 is 6.09 Å². The van der Waals surface area contributed by atoms with Gasteiger partial charge in [0, 0.05) is 12.4 Å². The highest BCUT2D eigenvalue weighted by Crippen LogP contribution is 2.33. The molecule has 0 saturated heterocycles. The van der Waals surface area contributed by atoms with E-state index in [-0.39, 0.29) is 5.41 Å². The van der Waals surface area contributed by atoms with E-state index in [1.165, 1.54) is 0 Å². The van der Waals surface area contributed by atoms with Crippen LogP contribution in [-0.4, -0.2) is 36.4 Å². The van der Waals surface area contributed by atoms with Crippen LogP contribution in [-0.2, 0) is 11.3 Å². The van der Waals surface area contributed by atoms with Crippen LogP contribution in [0.5, 0.6) is 0 Å². The molecule has 3 rings (SSSR count). The minimum Gasteiger partial charge on any atom is -0.444 e. The monoisotopic (exact) mass is 422 g/mol. The van der Waals surface area contributed by atoms with Crippen LogP contribution in [0.2, 0.25) is 0 Å². The van der Waals surface area contributed by atoms with Gasteiger partial charge in [0.1, 0.15) is 11.3 Å². The average Bonchev–Trinajstić information content (AvgIpc) is 3.08. The van der Waals surface area contributed by atoms with E-state index >= 15 is 0 Å². The molecule has 0 saturated carbocycles. The Kier molecular flexibility index (Phi) is 6.38. The summed E-state index contributed by atoms with van der Waals surface area (Å²) in [5.41, 5.74) is 0.692. The van der Waals surface area contributed by atoms with Gasteiger partial charge in [-0.2, -0.15) is 0 Å². The molecule has 164 valence electrons. The van der Waals surface area contributed by atoms with Crippen LogP contribution in [0.4, 0.5) is 4.79 Å². The van der Waals surface area contributed by atoms with E-state index in [0.29, 0.717) is 23.9 Å². The van der Waals surface area contributed by atoms with E-state index in [4.69, 9.17) is 14.8 Å². The number of carbonyl (C=O) groups excluding carboxylic acids is 1. The molecule has 0 unspecified atom stereocenters. The summed E-state index contributed by atoms with van der Waals surface area (Å²) in [7, 11) is 0. The Morgan fingerprint density at radius 3 is 2.39 bits per heavy atom. The molecular weight excluding hydrogens is 392 g/mol. The number of amides is 1. The number of hydrogen-bond donors (Lipinski definition) is 1. The van der Waals surface area contributed by atoms with Crippen LogP contribution in [0.3, 0.4) is 0 Å². The molecule has 8 nitrogen and oxygen atoms in total. The first-order valence-electron chi connectivity index (χ1n) is 10.3. The molecule has 0 aliphatic heterocycles. The van der Waals surface area contributed by atoms with Crippen molar-refractivity contribution in [2.24, 2.45) is 5.41 Å². The highest BCUT2D eigenvalue weighted by molar-refractivity contribution is 5.68. The quantitative estimate of drug-likeness (QED) is 0.655. The van der Waals surface area contributed by atoms with Crippen LogP contribution >= 0.6 is 0 Å². The van der Waals surface area contributed by atoms with Crippen molar-refractivity contribution in [3.05, 3.63) is 60.3 Å². The summed E-state index contributed by atoms with van der Waals surface area (Å²) < 4.78 is 7.32. The Labute approximate surface area is 183 Å². The van der Waals surface area contributed by atoms with E-state index in [1.807, 2.05) is 76.6 Å². The van der Waals surface area contributed by atoms with Gasteiger partial charge in [-0.1, -0.05) is 51.1 Å². The van der Waals surface area contributed by atoms with Crippen molar-refractivity contribution in [3.63, 3.8) is 0 Å². The van der Waals surface area contributed by atoms with Crippen LogP contribution in [0.1, 0.15) is 59.0 Å². The molecule has 31 heavy (non-hydrogen) atoms. The lowest BCUT2D eigenvalue weighted by Crippen LogP contribution is -2.41. The highest BCUT2D eigenvalue weighted by atomic mass is 16.6. The standard InChI is InChI=1S/C23H30N6O2/c1-22(2,3)18(26-21(30)31-23(4,5)6)20-27-19(17-14-24-12-13-25-17)28-29(20)15-16-10-8-7-9-11-16/h7-14,18H,15H2,1-6H3,(H,26,30)/t18-/m0/s1. The number of ether oxygens (including phenoxy) is 1. The third-order valence-corrected chi connectivity index (χ3v) is 4.45. The number of alkyl carbamates (subject to hydrolysis) is 1. The molecule has 1 N–H and O–H groups in total. The Bertz CT molecular complexity index is 1000. The van der Waals surface area contributed by atoms with Crippen molar-refractivity contribution in [1.29, 1.82) is 0 Å². The predicted molar refractivity (Wildman–Crippen MR) is 118 cm³/mol. The zero-order valence-corrected chi connectivity index (χ0v) is 19.0. The number of rotatable bonds is 5. The van der Waals surface area contributed by atoms with Crippen molar-refractivity contribution in [2.45, 2.75) is 59.7 Å². The van der Waals surface area contributed by atoms with Gasteiger partial charge in [0.2, 0.25) is 5.82 Å². The third-order valence-electron chi connectivity index (χ3n) is 4.45. The fourth-order valence-electron chi connectivity index (χ4n) is 3.06. The molecular formula is C23H30N6O2. The van der Waals surface area contributed by atoms with Crippen LogP contribution in [0.15, 0.2) is 48.9 Å². The van der Waals surface area contributed by atoms with Gasteiger partial charge in [0.25, 0.3) is 0 Å². The highest BCUT2D eigenvalue weighted by Gasteiger charge is 2.34. The SMILES string of the molecule is CC(C)(C)OC(=O)N[C@@H](c1nc(-c2cnccn2)nn1Cc1ccccc1)C(C)(C)C. The van der Waals surface area contributed by atoms with Gasteiger partial charge in [-0.3, -0.25) is 4.98 Å². The fourth-order valence-corrected chi connectivity index (χ4v) is 3.06. The Morgan fingerprint density at radius 1 is 1.10 bits per heavy atom. The molecule has 0 aliphatic rings. The van der Waals surface area contributed by atoms with Crippen molar-refractivity contribution in [3.8, 4) is 11.5 Å².